The molecule has 0 N–H and O–H groups in total. The number of piperazine rings is 1. The molecule has 4 rings (SSSR count). The van der Waals surface area contributed by atoms with Crippen LogP contribution in [0.15, 0.2) is 24.3 Å². The number of para-hydroxylation sites is 1. The lowest BCUT2D eigenvalue weighted by Crippen LogP contribution is -2.53. The Morgan fingerprint density at radius 1 is 1.08 bits per heavy atom. The molecular formula is C17H21N3O3S2. The summed E-state index contributed by atoms with van der Waals surface area (Å²) in [6.07, 6.45) is 1.43. The van der Waals surface area contributed by atoms with Gasteiger partial charge in [0.15, 0.2) is 5.01 Å². The van der Waals surface area contributed by atoms with E-state index in [2.05, 4.69) is 9.88 Å². The molecule has 6 nitrogen and oxygen atoms in total. The fraction of sp³-hybridized carbons (Fsp3) is 0.529. The van der Waals surface area contributed by atoms with Crippen LogP contribution in [0.5, 0.6) is 0 Å². The van der Waals surface area contributed by atoms with Gasteiger partial charge < -0.3 is 4.90 Å². The highest BCUT2D eigenvalue weighted by Gasteiger charge is 2.31. The largest absolute Gasteiger partial charge is 0.334 e. The summed E-state index contributed by atoms with van der Waals surface area (Å²) in [5.74, 6) is 0.595. The summed E-state index contributed by atoms with van der Waals surface area (Å²) in [6, 6.07) is 8.14. The zero-order chi connectivity index (χ0) is 17.4. The summed E-state index contributed by atoms with van der Waals surface area (Å²) >= 11 is 1.45. The minimum absolute atomic E-state index is 0.00655. The molecule has 1 aromatic heterocycles. The first-order valence-corrected chi connectivity index (χ1v) is 11.2. The Labute approximate surface area is 151 Å². The van der Waals surface area contributed by atoms with Crippen LogP contribution in [-0.4, -0.2) is 72.8 Å². The molecule has 0 bridgehead atoms. The Kier molecular flexibility index (Phi) is 4.51. The van der Waals surface area contributed by atoms with E-state index in [4.69, 9.17) is 0 Å². The number of hydrogen-bond donors (Lipinski definition) is 0. The van der Waals surface area contributed by atoms with E-state index in [0.29, 0.717) is 48.5 Å². The number of rotatable bonds is 2. The summed E-state index contributed by atoms with van der Waals surface area (Å²) in [7, 11) is -2.83. The standard InChI is InChI=1S/C17H21N3O3S2/c21-17(16-18-14-3-1-2-4-15(14)24-16)20-9-7-19(8-10-20)13-5-11-25(22,23)12-6-13/h1-4,13H,5-12H2. The van der Waals surface area contributed by atoms with Gasteiger partial charge in [-0.3, -0.25) is 9.69 Å². The monoisotopic (exact) mass is 379 g/mol. The molecule has 8 heteroatoms. The van der Waals surface area contributed by atoms with E-state index in [1.165, 1.54) is 11.3 Å². The third kappa shape index (κ3) is 3.56. The summed E-state index contributed by atoms with van der Waals surface area (Å²) < 4.78 is 24.2. The van der Waals surface area contributed by atoms with Crippen molar-refractivity contribution in [3.05, 3.63) is 29.3 Å². The Hall–Kier alpha value is -1.51. The number of nitrogens with zero attached hydrogens (tertiary/aromatic N) is 3. The highest BCUT2D eigenvalue weighted by molar-refractivity contribution is 7.91. The van der Waals surface area contributed by atoms with Crippen molar-refractivity contribution in [2.75, 3.05) is 37.7 Å². The Morgan fingerprint density at radius 3 is 2.44 bits per heavy atom. The Morgan fingerprint density at radius 2 is 1.76 bits per heavy atom. The van der Waals surface area contributed by atoms with Gasteiger partial charge in [0.2, 0.25) is 0 Å². The van der Waals surface area contributed by atoms with Crippen molar-refractivity contribution < 1.29 is 13.2 Å². The highest BCUT2D eigenvalue weighted by Crippen LogP contribution is 2.24. The molecular weight excluding hydrogens is 358 g/mol. The van der Waals surface area contributed by atoms with Crippen LogP contribution < -0.4 is 0 Å². The van der Waals surface area contributed by atoms with Gasteiger partial charge in [0.05, 0.1) is 21.7 Å². The second kappa shape index (κ2) is 6.66. The number of aromatic nitrogens is 1. The maximum absolute atomic E-state index is 12.7. The van der Waals surface area contributed by atoms with Crippen molar-refractivity contribution in [1.82, 2.24) is 14.8 Å². The number of amides is 1. The number of sulfone groups is 1. The van der Waals surface area contributed by atoms with Gasteiger partial charge in [0, 0.05) is 32.2 Å². The van der Waals surface area contributed by atoms with Gasteiger partial charge in [-0.15, -0.1) is 11.3 Å². The summed E-state index contributed by atoms with van der Waals surface area (Å²) in [5.41, 5.74) is 0.873. The molecule has 2 fully saturated rings. The van der Waals surface area contributed by atoms with Crippen molar-refractivity contribution >= 4 is 37.3 Å². The molecule has 1 aromatic carbocycles. The van der Waals surface area contributed by atoms with E-state index < -0.39 is 9.84 Å². The molecule has 25 heavy (non-hydrogen) atoms. The molecule has 0 spiro atoms. The van der Waals surface area contributed by atoms with Crippen LogP contribution in [0.4, 0.5) is 0 Å². The first-order chi connectivity index (χ1) is 12.0. The third-order valence-corrected chi connectivity index (χ3v) is 7.86. The Balaban J connectivity index is 1.37. The second-order valence-electron chi connectivity index (χ2n) is 6.70. The molecule has 0 aliphatic carbocycles. The summed E-state index contributed by atoms with van der Waals surface area (Å²) in [5, 5.41) is 0.554. The van der Waals surface area contributed by atoms with Crippen LogP contribution >= 0.6 is 11.3 Å². The number of fused-ring (bicyclic) bond motifs is 1. The second-order valence-corrected chi connectivity index (χ2v) is 10.0. The molecule has 2 saturated heterocycles. The van der Waals surface area contributed by atoms with Gasteiger partial charge in [0.25, 0.3) is 5.91 Å². The van der Waals surface area contributed by atoms with Crippen LogP contribution in [0.2, 0.25) is 0 Å². The zero-order valence-electron chi connectivity index (χ0n) is 13.9. The summed E-state index contributed by atoms with van der Waals surface area (Å²) in [6.45, 7) is 2.97. The van der Waals surface area contributed by atoms with E-state index in [1.807, 2.05) is 29.2 Å². The molecule has 0 radical (unpaired) electrons. The van der Waals surface area contributed by atoms with E-state index in [1.54, 1.807) is 0 Å². The fourth-order valence-electron chi connectivity index (χ4n) is 3.63. The van der Waals surface area contributed by atoms with Crippen LogP contribution in [-0.2, 0) is 9.84 Å². The average molecular weight is 380 g/mol. The van der Waals surface area contributed by atoms with Gasteiger partial charge in [0.1, 0.15) is 9.84 Å². The third-order valence-electron chi connectivity index (χ3n) is 5.12. The number of thiazole rings is 1. The SMILES string of the molecule is O=C(c1nc2ccccc2s1)N1CCN(C2CCS(=O)(=O)CC2)CC1. The number of carbonyl (C=O) groups is 1. The topological polar surface area (TPSA) is 70.6 Å². The van der Waals surface area contributed by atoms with E-state index >= 15 is 0 Å². The van der Waals surface area contributed by atoms with E-state index in [9.17, 15) is 13.2 Å². The molecule has 2 aliphatic rings. The lowest BCUT2D eigenvalue weighted by atomic mass is 10.1. The van der Waals surface area contributed by atoms with Crippen molar-refractivity contribution in [3.8, 4) is 0 Å². The van der Waals surface area contributed by atoms with Gasteiger partial charge in [-0.2, -0.15) is 0 Å². The van der Waals surface area contributed by atoms with Crippen molar-refractivity contribution in [2.24, 2.45) is 0 Å². The van der Waals surface area contributed by atoms with E-state index in [0.717, 1.165) is 23.3 Å². The predicted molar refractivity (Wildman–Crippen MR) is 98.8 cm³/mol. The first-order valence-electron chi connectivity index (χ1n) is 8.61. The maximum atomic E-state index is 12.7. The molecule has 0 atom stereocenters. The zero-order valence-corrected chi connectivity index (χ0v) is 15.6. The average Bonchev–Trinajstić information content (AvgIpc) is 3.05. The minimum Gasteiger partial charge on any atom is -0.334 e. The first kappa shape index (κ1) is 16.9. The van der Waals surface area contributed by atoms with E-state index in [-0.39, 0.29) is 5.91 Å². The van der Waals surface area contributed by atoms with Crippen LogP contribution in [0, 0.1) is 0 Å². The smallest absolute Gasteiger partial charge is 0.282 e. The van der Waals surface area contributed by atoms with Crippen molar-refractivity contribution in [2.45, 2.75) is 18.9 Å². The molecule has 0 unspecified atom stereocenters. The number of hydrogen-bond acceptors (Lipinski definition) is 6. The van der Waals surface area contributed by atoms with Gasteiger partial charge in [-0.1, -0.05) is 12.1 Å². The molecule has 3 heterocycles. The predicted octanol–water partition coefficient (Wildman–Crippen LogP) is 1.63. The molecule has 134 valence electrons. The number of benzene rings is 1. The minimum atomic E-state index is -2.83. The van der Waals surface area contributed by atoms with Gasteiger partial charge in [-0.25, -0.2) is 13.4 Å². The Bertz CT molecular complexity index is 838. The number of carbonyl (C=O) groups excluding carboxylic acids is 1. The van der Waals surface area contributed by atoms with Gasteiger partial charge in [-0.05, 0) is 25.0 Å². The summed E-state index contributed by atoms with van der Waals surface area (Å²) in [4.78, 5) is 21.4. The fourth-order valence-corrected chi connectivity index (χ4v) is 6.03. The quantitative estimate of drug-likeness (QED) is 0.793. The normalized spacial score (nSPS) is 22.3. The van der Waals surface area contributed by atoms with Crippen LogP contribution in [0.3, 0.4) is 0 Å². The highest BCUT2D eigenvalue weighted by atomic mass is 32.2. The molecule has 2 aliphatic heterocycles. The van der Waals surface area contributed by atoms with Crippen molar-refractivity contribution in [3.63, 3.8) is 0 Å². The molecule has 1 amide bonds. The van der Waals surface area contributed by atoms with Crippen LogP contribution in [0.1, 0.15) is 22.6 Å². The van der Waals surface area contributed by atoms with Gasteiger partial charge >= 0.3 is 0 Å². The molecule has 2 aromatic rings. The maximum Gasteiger partial charge on any atom is 0.282 e. The lowest BCUT2D eigenvalue weighted by molar-refractivity contribution is 0.0557. The molecule has 0 saturated carbocycles. The van der Waals surface area contributed by atoms with Crippen molar-refractivity contribution in [1.29, 1.82) is 0 Å². The van der Waals surface area contributed by atoms with Crippen LogP contribution in [0.25, 0.3) is 10.2 Å². The lowest BCUT2D eigenvalue weighted by Gasteiger charge is -2.40.